The lowest BCUT2D eigenvalue weighted by Gasteiger charge is -2.10. The van der Waals surface area contributed by atoms with Crippen LogP contribution in [0.4, 0.5) is 5.69 Å². The first-order valence-electron chi connectivity index (χ1n) is 5.58. The molecule has 0 aliphatic carbocycles. The second kappa shape index (κ2) is 4.95. The third-order valence-corrected chi connectivity index (χ3v) is 3.61. The third kappa shape index (κ3) is 2.99. The van der Waals surface area contributed by atoms with Gasteiger partial charge in [-0.2, -0.15) is 0 Å². The average molecular weight is 269 g/mol. The maximum Gasteiger partial charge on any atom is 0.229 e. The topological polar surface area (TPSA) is 101 Å². The average Bonchev–Trinajstić information content (AvgIpc) is 2.70. The molecule has 1 unspecified atom stereocenters. The molecule has 1 aliphatic rings. The molecule has 1 atom stereocenters. The number of primary sulfonamides is 1. The zero-order chi connectivity index (χ0) is 13.2. The lowest BCUT2D eigenvalue weighted by atomic mass is 10.0. The van der Waals surface area contributed by atoms with Crippen molar-refractivity contribution in [3.8, 4) is 0 Å². The molecule has 7 heteroatoms. The largest absolute Gasteiger partial charge is 0.384 e. The molecule has 18 heavy (non-hydrogen) atoms. The molecule has 0 aromatic heterocycles. The molecule has 6 nitrogen and oxygen atoms in total. The molecule has 1 aromatic carbocycles. The Morgan fingerprint density at radius 2 is 2.17 bits per heavy atom. The van der Waals surface area contributed by atoms with Gasteiger partial charge in [-0.15, -0.1) is 0 Å². The minimum atomic E-state index is -3.53. The first kappa shape index (κ1) is 12.8. The van der Waals surface area contributed by atoms with Crippen LogP contribution in [0.25, 0.3) is 0 Å². The molecule has 98 valence electrons. The Kier molecular flexibility index (Phi) is 3.53. The maximum atomic E-state index is 11.9. The van der Waals surface area contributed by atoms with Gasteiger partial charge in [0.1, 0.15) is 0 Å². The van der Waals surface area contributed by atoms with E-state index in [0.717, 1.165) is 11.3 Å². The van der Waals surface area contributed by atoms with Crippen LogP contribution in [0.3, 0.4) is 0 Å². The van der Waals surface area contributed by atoms with Crippen molar-refractivity contribution < 1.29 is 13.2 Å². The van der Waals surface area contributed by atoms with E-state index in [2.05, 4.69) is 10.6 Å². The number of nitrogens with two attached hydrogens (primary N) is 1. The molecular weight excluding hydrogens is 254 g/mol. The normalized spacial score (nSPS) is 17.9. The number of benzene rings is 1. The van der Waals surface area contributed by atoms with Gasteiger partial charge in [-0.25, -0.2) is 13.6 Å². The SMILES string of the molecule is NS(=O)(=O)CCNC(=O)C1CNc2ccccc21. The molecule has 4 N–H and O–H groups in total. The summed E-state index contributed by atoms with van der Waals surface area (Å²) in [4.78, 5) is 11.9. The second-order valence-corrected chi connectivity index (χ2v) is 5.91. The highest BCUT2D eigenvalue weighted by Crippen LogP contribution is 2.30. The van der Waals surface area contributed by atoms with Crippen molar-refractivity contribution in [3.05, 3.63) is 29.8 Å². The van der Waals surface area contributed by atoms with E-state index in [1.54, 1.807) is 0 Å². The summed E-state index contributed by atoms with van der Waals surface area (Å²) in [5.41, 5.74) is 1.88. The number of hydrogen-bond acceptors (Lipinski definition) is 4. The highest BCUT2D eigenvalue weighted by atomic mass is 32.2. The fraction of sp³-hybridized carbons (Fsp3) is 0.364. The molecule has 0 bridgehead atoms. The molecule has 1 aromatic rings. The van der Waals surface area contributed by atoms with Crippen molar-refractivity contribution >= 4 is 21.6 Å². The van der Waals surface area contributed by atoms with Crippen molar-refractivity contribution in [2.45, 2.75) is 5.92 Å². The van der Waals surface area contributed by atoms with E-state index >= 15 is 0 Å². The van der Waals surface area contributed by atoms with E-state index in [4.69, 9.17) is 5.14 Å². The van der Waals surface area contributed by atoms with Gasteiger partial charge in [0, 0.05) is 18.8 Å². The molecule has 0 radical (unpaired) electrons. The van der Waals surface area contributed by atoms with Gasteiger partial charge in [0.15, 0.2) is 0 Å². The summed E-state index contributed by atoms with van der Waals surface area (Å²) in [7, 11) is -3.53. The van der Waals surface area contributed by atoms with E-state index in [9.17, 15) is 13.2 Å². The highest BCUT2D eigenvalue weighted by molar-refractivity contribution is 7.89. The van der Waals surface area contributed by atoms with Gasteiger partial charge in [0.05, 0.1) is 11.7 Å². The Morgan fingerprint density at radius 3 is 2.89 bits per heavy atom. The summed E-state index contributed by atoms with van der Waals surface area (Å²) >= 11 is 0. The van der Waals surface area contributed by atoms with E-state index in [1.165, 1.54) is 0 Å². The molecule has 1 aliphatic heterocycles. The number of hydrogen-bond donors (Lipinski definition) is 3. The number of carbonyl (C=O) groups is 1. The second-order valence-electron chi connectivity index (χ2n) is 4.18. The Hall–Kier alpha value is -1.60. The van der Waals surface area contributed by atoms with Gasteiger partial charge >= 0.3 is 0 Å². The highest BCUT2D eigenvalue weighted by Gasteiger charge is 2.27. The summed E-state index contributed by atoms with van der Waals surface area (Å²) in [5, 5.41) is 10.6. The molecule has 0 spiro atoms. The summed E-state index contributed by atoms with van der Waals surface area (Å²) in [6.45, 7) is 0.566. The van der Waals surface area contributed by atoms with Crippen LogP contribution in [0.1, 0.15) is 11.5 Å². The van der Waals surface area contributed by atoms with Gasteiger partial charge in [-0.1, -0.05) is 18.2 Å². The maximum absolute atomic E-state index is 11.9. The Morgan fingerprint density at radius 1 is 1.44 bits per heavy atom. The van der Waals surface area contributed by atoms with Crippen LogP contribution in [0.2, 0.25) is 0 Å². The van der Waals surface area contributed by atoms with Crippen molar-refractivity contribution in [1.29, 1.82) is 0 Å². The first-order valence-corrected chi connectivity index (χ1v) is 7.30. The molecule has 0 fully saturated rings. The van der Waals surface area contributed by atoms with Gasteiger partial charge in [0.25, 0.3) is 0 Å². The van der Waals surface area contributed by atoms with Crippen LogP contribution in [0, 0.1) is 0 Å². The Balaban J connectivity index is 1.96. The lowest BCUT2D eigenvalue weighted by molar-refractivity contribution is -0.122. The number of nitrogens with one attached hydrogen (secondary N) is 2. The predicted octanol–water partition coefficient (Wildman–Crippen LogP) is -0.400. The smallest absolute Gasteiger partial charge is 0.229 e. The van der Waals surface area contributed by atoms with Crippen LogP contribution in [-0.4, -0.2) is 33.2 Å². The van der Waals surface area contributed by atoms with Crippen LogP contribution in [0.15, 0.2) is 24.3 Å². The van der Waals surface area contributed by atoms with E-state index in [0.29, 0.717) is 6.54 Å². The van der Waals surface area contributed by atoms with Gasteiger partial charge < -0.3 is 10.6 Å². The minimum absolute atomic E-state index is 0.0380. The standard InChI is InChI=1S/C11H15N3O3S/c12-18(16,17)6-5-13-11(15)9-7-14-10-4-2-1-3-8(9)10/h1-4,9,14H,5-7H2,(H,13,15)(H2,12,16,17). The first-order chi connectivity index (χ1) is 8.47. The number of fused-ring (bicyclic) bond motifs is 1. The molecule has 2 rings (SSSR count). The number of sulfonamides is 1. The number of rotatable bonds is 4. The van der Waals surface area contributed by atoms with Gasteiger partial charge in [-0.3, -0.25) is 4.79 Å². The predicted molar refractivity (Wildman–Crippen MR) is 68.7 cm³/mol. The zero-order valence-corrected chi connectivity index (χ0v) is 10.5. The Labute approximate surface area is 106 Å². The Bertz CT molecular complexity index is 556. The van der Waals surface area contributed by atoms with Crippen LogP contribution < -0.4 is 15.8 Å². The summed E-state index contributed by atoms with van der Waals surface area (Å²) in [6.07, 6.45) is 0. The van der Waals surface area contributed by atoms with E-state index < -0.39 is 10.0 Å². The molecule has 1 amide bonds. The number of anilines is 1. The monoisotopic (exact) mass is 269 g/mol. The van der Waals surface area contributed by atoms with E-state index in [-0.39, 0.29) is 24.1 Å². The minimum Gasteiger partial charge on any atom is -0.384 e. The van der Waals surface area contributed by atoms with Crippen molar-refractivity contribution in [2.24, 2.45) is 5.14 Å². The fourth-order valence-electron chi connectivity index (χ4n) is 1.96. The molecular formula is C11H15N3O3S. The van der Waals surface area contributed by atoms with Crippen LogP contribution >= 0.6 is 0 Å². The number of para-hydroxylation sites is 1. The van der Waals surface area contributed by atoms with Gasteiger partial charge in [0.2, 0.25) is 15.9 Å². The van der Waals surface area contributed by atoms with Crippen molar-refractivity contribution in [2.75, 3.05) is 24.2 Å². The molecule has 1 heterocycles. The summed E-state index contributed by atoms with van der Waals surface area (Å²) in [6, 6.07) is 7.57. The zero-order valence-electron chi connectivity index (χ0n) is 9.72. The van der Waals surface area contributed by atoms with Crippen molar-refractivity contribution in [1.82, 2.24) is 5.32 Å². The quantitative estimate of drug-likeness (QED) is 0.692. The van der Waals surface area contributed by atoms with Gasteiger partial charge in [-0.05, 0) is 11.6 Å². The fourth-order valence-corrected chi connectivity index (χ4v) is 2.34. The number of amides is 1. The van der Waals surface area contributed by atoms with E-state index in [1.807, 2.05) is 24.3 Å². The summed E-state index contributed by atoms with van der Waals surface area (Å²) in [5.74, 6) is -0.710. The molecule has 0 saturated heterocycles. The molecule has 0 saturated carbocycles. The number of carbonyl (C=O) groups excluding carboxylic acids is 1. The van der Waals surface area contributed by atoms with Crippen LogP contribution in [-0.2, 0) is 14.8 Å². The lowest BCUT2D eigenvalue weighted by Crippen LogP contribution is -2.35. The summed E-state index contributed by atoms with van der Waals surface area (Å²) < 4.78 is 21.5. The van der Waals surface area contributed by atoms with Crippen LogP contribution in [0.5, 0.6) is 0 Å². The third-order valence-electron chi connectivity index (χ3n) is 2.84. The van der Waals surface area contributed by atoms with Crippen molar-refractivity contribution in [3.63, 3.8) is 0 Å².